The smallest absolute Gasteiger partial charge is 0.249 e. The summed E-state index contributed by atoms with van der Waals surface area (Å²) in [6.45, 7) is 2.10. The van der Waals surface area contributed by atoms with E-state index < -0.39 is 11.7 Å². The number of aryl methyl sites for hydroxylation is 1. The number of hydrogen-bond donors (Lipinski definition) is 5. The lowest BCUT2D eigenvalue weighted by molar-refractivity contribution is 0.100. The Morgan fingerprint density at radius 1 is 0.660 bits per heavy atom. The van der Waals surface area contributed by atoms with Crippen LogP contribution in [0, 0.1) is 5.82 Å². The number of aromatic hydroxyl groups is 2. The van der Waals surface area contributed by atoms with E-state index in [0.29, 0.717) is 22.3 Å². The second-order valence-electron chi connectivity index (χ2n) is 11.2. The van der Waals surface area contributed by atoms with Crippen LogP contribution in [0.2, 0.25) is 0 Å². The van der Waals surface area contributed by atoms with Gasteiger partial charge in [0.1, 0.15) is 11.5 Å². The predicted molar refractivity (Wildman–Crippen MR) is 195 cm³/mol. The van der Waals surface area contributed by atoms with Gasteiger partial charge in [-0.15, -0.1) is 0 Å². The van der Waals surface area contributed by atoms with Crippen LogP contribution in [0.1, 0.15) is 28.4 Å². The maximum atomic E-state index is 14.2. The van der Waals surface area contributed by atoms with Crippen LogP contribution in [0.5, 0.6) is 17.2 Å². The van der Waals surface area contributed by atoms with Gasteiger partial charge in [-0.3, -0.25) is 4.79 Å². The molecule has 0 atom stereocenters. The van der Waals surface area contributed by atoms with Crippen LogP contribution < -0.4 is 16.2 Å². The molecule has 252 valence electrons. The summed E-state index contributed by atoms with van der Waals surface area (Å²) in [7, 11) is 1.37. The lowest BCUT2D eigenvalue weighted by Crippen LogP contribution is -2.15. The van der Waals surface area contributed by atoms with Crippen molar-refractivity contribution in [3.63, 3.8) is 0 Å². The first-order valence-corrected chi connectivity index (χ1v) is 15.7. The highest BCUT2D eigenvalue weighted by atomic mass is 19.1. The SMILES string of the molecule is CCc1ccccc1-c1c(C(N)=NO)cccc1-c1ccc(O)cc1.COc1c(F)cccc1-c1c(C(N)=O)cccc1-c1ccc(O)cc1. The number of phenolic OH excluding ortho intramolecular Hbond substituents is 2. The number of methoxy groups -OCH3 is 1. The van der Waals surface area contributed by atoms with Crippen LogP contribution in [0.25, 0.3) is 44.5 Å². The molecular weight excluding hydrogens is 633 g/mol. The van der Waals surface area contributed by atoms with Gasteiger partial charge in [0.05, 0.1) is 7.11 Å². The Morgan fingerprint density at radius 3 is 1.66 bits per heavy atom. The van der Waals surface area contributed by atoms with Gasteiger partial charge in [0.15, 0.2) is 17.4 Å². The second-order valence-corrected chi connectivity index (χ2v) is 11.2. The molecule has 0 saturated heterocycles. The molecule has 0 unspecified atom stereocenters. The van der Waals surface area contributed by atoms with Gasteiger partial charge in [-0.2, -0.15) is 0 Å². The van der Waals surface area contributed by atoms with Gasteiger partial charge in [-0.05, 0) is 76.2 Å². The summed E-state index contributed by atoms with van der Waals surface area (Å²) in [6, 6.07) is 37.0. The minimum Gasteiger partial charge on any atom is -0.508 e. The number of rotatable bonds is 8. The number of carbonyl (C=O) groups is 1. The number of nitrogens with zero attached hydrogens (tertiary/aromatic N) is 1. The molecule has 8 nitrogen and oxygen atoms in total. The van der Waals surface area contributed by atoms with Gasteiger partial charge in [0.2, 0.25) is 5.91 Å². The van der Waals surface area contributed by atoms with Crippen molar-refractivity contribution in [3.05, 3.63) is 150 Å². The second kappa shape index (κ2) is 15.5. The highest BCUT2D eigenvalue weighted by molar-refractivity contribution is 6.07. The Balaban J connectivity index is 0.000000194. The third kappa shape index (κ3) is 7.27. The first-order valence-electron chi connectivity index (χ1n) is 15.7. The molecule has 0 saturated carbocycles. The number of nitrogens with two attached hydrogens (primary N) is 2. The third-order valence-electron chi connectivity index (χ3n) is 8.24. The molecule has 0 radical (unpaired) electrons. The number of phenols is 2. The highest BCUT2D eigenvalue weighted by Gasteiger charge is 2.21. The van der Waals surface area contributed by atoms with Crippen LogP contribution in [0.15, 0.2) is 133 Å². The van der Waals surface area contributed by atoms with E-state index >= 15 is 0 Å². The molecule has 1 amide bonds. The van der Waals surface area contributed by atoms with Crippen LogP contribution in [0.3, 0.4) is 0 Å². The third-order valence-corrected chi connectivity index (χ3v) is 8.24. The predicted octanol–water partition coefficient (Wildman–Crippen LogP) is 8.36. The molecule has 0 aromatic heterocycles. The maximum absolute atomic E-state index is 14.2. The first kappa shape index (κ1) is 34.7. The molecule has 9 heteroatoms. The Hall–Kier alpha value is -6.61. The van der Waals surface area contributed by atoms with Gasteiger partial charge < -0.3 is 31.6 Å². The molecule has 0 fully saturated rings. The highest BCUT2D eigenvalue weighted by Crippen LogP contribution is 2.41. The molecule has 50 heavy (non-hydrogen) atoms. The molecular formula is C41H36FN3O5. The number of ether oxygens (including phenoxy) is 1. The zero-order valence-electron chi connectivity index (χ0n) is 27.5. The van der Waals surface area contributed by atoms with E-state index in [9.17, 15) is 24.6 Å². The van der Waals surface area contributed by atoms with Crippen molar-refractivity contribution in [2.45, 2.75) is 13.3 Å². The van der Waals surface area contributed by atoms with Crippen molar-refractivity contribution in [2.24, 2.45) is 16.6 Å². The van der Waals surface area contributed by atoms with E-state index in [-0.39, 0.29) is 28.6 Å². The number of hydrogen-bond acceptors (Lipinski definition) is 6. The van der Waals surface area contributed by atoms with Crippen LogP contribution in [0.4, 0.5) is 4.39 Å². The van der Waals surface area contributed by atoms with Gasteiger partial charge in [-0.25, -0.2) is 4.39 Å². The topological polar surface area (TPSA) is 151 Å². The van der Waals surface area contributed by atoms with Gasteiger partial charge in [0, 0.05) is 27.8 Å². The Labute approximate surface area is 289 Å². The summed E-state index contributed by atoms with van der Waals surface area (Å²) >= 11 is 0. The number of benzene rings is 6. The maximum Gasteiger partial charge on any atom is 0.249 e. The molecule has 0 aliphatic rings. The van der Waals surface area contributed by atoms with Crippen molar-refractivity contribution in [1.29, 1.82) is 0 Å². The molecule has 0 aliphatic heterocycles. The number of amidine groups is 1. The van der Waals surface area contributed by atoms with E-state index in [0.717, 1.165) is 34.2 Å². The molecule has 6 aromatic rings. The normalized spacial score (nSPS) is 11.0. The van der Waals surface area contributed by atoms with Gasteiger partial charge in [0.25, 0.3) is 0 Å². The number of para-hydroxylation sites is 1. The van der Waals surface area contributed by atoms with Crippen LogP contribution in [-0.4, -0.2) is 34.3 Å². The molecule has 0 bridgehead atoms. The van der Waals surface area contributed by atoms with Gasteiger partial charge in [-0.1, -0.05) is 103 Å². The van der Waals surface area contributed by atoms with Crippen molar-refractivity contribution in [3.8, 4) is 61.8 Å². The molecule has 6 aromatic carbocycles. The molecule has 0 aliphatic carbocycles. The summed E-state index contributed by atoms with van der Waals surface area (Å²) in [5, 5.41) is 31.5. The van der Waals surface area contributed by atoms with Crippen molar-refractivity contribution in [1.82, 2.24) is 0 Å². The standard InChI is InChI=1S/C21H20N2O2.C20H16FNO3/c1-2-14-6-3-4-7-17(14)20-18(15-10-12-16(24)13-11-15)8-5-9-19(20)21(22)23-25;1-25-19-15(5-3-7-17(19)21)18-14(4-2-6-16(18)20(22)24)12-8-10-13(23)11-9-12/h3-13,24-25H,2H2,1H3,(H2,22,23);2-11,23H,1H3,(H2,22,24). The average molecular weight is 670 g/mol. The van der Waals surface area contributed by atoms with Crippen LogP contribution in [-0.2, 0) is 6.42 Å². The van der Waals surface area contributed by atoms with E-state index in [1.165, 1.54) is 18.7 Å². The zero-order valence-corrected chi connectivity index (χ0v) is 27.5. The monoisotopic (exact) mass is 669 g/mol. The Bertz CT molecular complexity index is 2160. The van der Waals surface area contributed by atoms with Gasteiger partial charge >= 0.3 is 0 Å². The minimum atomic E-state index is -0.623. The Kier molecular flexibility index (Phi) is 10.8. The van der Waals surface area contributed by atoms with E-state index in [4.69, 9.17) is 16.2 Å². The fraction of sp³-hybridized carbons (Fsp3) is 0.0732. The van der Waals surface area contributed by atoms with E-state index in [2.05, 4.69) is 18.1 Å². The fourth-order valence-electron chi connectivity index (χ4n) is 5.91. The average Bonchev–Trinajstić information content (AvgIpc) is 3.14. The number of primary amides is 1. The molecule has 0 heterocycles. The fourth-order valence-corrected chi connectivity index (χ4v) is 5.91. The van der Waals surface area contributed by atoms with Crippen molar-refractivity contribution in [2.75, 3.05) is 7.11 Å². The Morgan fingerprint density at radius 2 is 1.14 bits per heavy atom. The lowest BCUT2D eigenvalue weighted by Gasteiger charge is -2.17. The number of carbonyl (C=O) groups excluding carboxylic acids is 1. The summed E-state index contributed by atoms with van der Waals surface area (Å²) in [5.41, 5.74) is 19.8. The molecule has 0 spiro atoms. The largest absolute Gasteiger partial charge is 0.508 e. The summed E-state index contributed by atoms with van der Waals surface area (Å²) in [5.74, 6) is -0.706. The van der Waals surface area contributed by atoms with Crippen LogP contribution >= 0.6 is 0 Å². The first-order chi connectivity index (χ1) is 24.2. The zero-order chi connectivity index (χ0) is 35.8. The van der Waals surface area contributed by atoms with E-state index in [1.54, 1.807) is 66.7 Å². The number of halogens is 1. The lowest BCUT2D eigenvalue weighted by atomic mass is 9.87. The van der Waals surface area contributed by atoms with Crippen molar-refractivity contribution < 1.29 is 29.3 Å². The number of amides is 1. The molecule has 7 N–H and O–H groups in total. The minimum absolute atomic E-state index is 0.0382. The number of oxime groups is 1. The summed E-state index contributed by atoms with van der Waals surface area (Å²) in [6.07, 6.45) is 0.871. The van der Waals surface area contributed by atoms with Crippen molar-refractivity contribution >= 4 is 11.7 Å². The van der Waals surface area contributed by atoms with E-state index in [1.807, 2.05) is 48.5 Å². The quantitative estimate of drug-likeness (QED) is 0.0476. The molecule has 6 rings (SSSR count). The summed E-state index contributed by atoms with van der Waals surface area (Å²) in [4.78, 5) is 12.0. The summed E-state index contributed by atoms with van der Waals surface area (Å²) < 4.78 is 19.4.